The maximum absolute atomic E-state index is 12.7. The summed E-state index contributed by atoms with van der Waals surface area (Å²) in [6.07, 6.45) is 10.0. The Morgan fingerprint density at radius 3 is 2.19 bits per heavy atom. The molecule has 4 atom stereocenters. The van der Waals surface area contributed by atoms with E-state index in [0.29, 0.717) is 23.8 Å². The Labute approximate surface area is 186 Å². The Bertz CT molecular complexity index is 695. The van der Waals surface area contributed by atoms with Crippen LogP contribution in [0.1, 0.15) is 91.4 Å². The molecule has 6 nitrogen and oxygen atoms in total. The number of carbonyl (C=O) groups excluding carboxylic acids is 2. The smallest absolute Gasteiger partial charge is 0.337 e. The molecule has 0 aromatic carbocycles. The van der Waals surface area contributed by atoms with Crippen molar-refractivity contribution in [1.82, 2.24) is 0 Å². The first-order chi connectivity index (χ1) is 14.7. The molecule has 31 heavy (non-hydrogen) atoms. The molecule has 4 bridgehead atoms. The van der Waals surface area contributed by atoms with E-state index < -0.39 is 23.6 Å². The van der Waals surface area contributed by atoms with Crippen LogP contribution in [0.15, 0.2) is 12.2 Å². The maximum atomic E-state index is 12.7. The van der Waals surface area contributed by atoms with E-state index in [9.17, 15) is 9.59 Å². The number of hydrogen-bond acceptors (Lipinski definition) is 6. The summed E-state index contributed by atoms with van der Waals surface area (Å²) in [5.74, 6) is 0.234. The summed E-state index contributed by atoms with van der Waals surface area (Å²) >= 11 is 0. The van der Waals surface area contributed by atoms with E-state index in [2.05, 4.69) is 6.58 Å². The fourth-order valence-corrected chi connectivity index (χ4v) is 6.82. The topological polar surface area (TPSA) is 71.1 Å². The van der Waals surface area contributed by atoms with Crippen molar-refractivity contribution in [3.63, 3.8) is 0 Å². The van der Waals surface area contributed by atoms with E-state index in [1.165, 1.54) is 19.3 Å². The number of ether oxygens (including phenoxy) is 4. The lowest BCUT2D eigenvalue weighted by Gasteiger charge is -2.61. The predicted molar refractivity (Wildman–Crippen MR) is 115 cm³/mol. The number of hydrogen-bond donors (Lipinski definition) is 0. The average Bonchev–Trinajstić information content (AvgIpc) is 2.66. The Balaban J connectivity index is 1.35. The standard InChI is InChI=1S/C25H38O6/c1-16(2)22(26)31-25-13-19-10-20(14-25)12-24(11-19,15-25)30-17(3)23(27)29-18(4)28-21-8-6-5-7-9-21/h17-21H,1,5-15H2,2-4H3. The van der Waals surface area contributed by atoms with Crippen molar-refractivity contribution in [2.45, 2.75) is 121 Å². The second-order valence-corrected chi connectivity index (χ2v) is 10.7. The van der Waals surface area contributed by atoms with Gasteiger partial charge in [0, 0.05) is 12.0 Å². The number of esters is 2. The molecule has 5 aliphatic rings. The lowest BCUT2D eigenvalue weighted by Crippen LogP contribution is -2.62. The Morgan fingerprint density at radius 2 is 1.58 bits per heavy atom. The van der Waals surface area contributed by atoms with Gasteiger partial charge < -0.3 is 18.9 Å². The average molecular weight is 435 g/mol. The number of carbonyl (C=O) groups is 2. The predicted octanol–water partition coefficient (Wildman–Crippen LogP) is 4.84. The zero-order valence-electron chi connectivity index (χ0n) is 19.3. The molecular formula is C25H38O6. The van der Waals surface area contributed by atoms with E-state index in [4.69, 9.17) is 18.9 Å². The molecule has 0 radical (unpaired) electrons. The van der Waals surface area contributed by atoms with Gasteiger partial charge in [-0.05, 0) is 77.6 Å². The van der Waals surface area contributed by atoms with Gasteiger partial charge in [-0.1, -0.05) is 25.8 Å². The molecule has 0 N–H and O–H groups in total. The molecule has 6 heteroatoms. The molecule has 0 aliphatic heterocycles. The van der Waals surface area contributed by atoms with Crippen molar-refractivity contribution in [2.75, 3.05) is 0 Å². The largest absolute Gasteiger partial charge is 0.456 e. The van der Waals surface area contributed by atoms with Gasteiger partial charge in [0.15, 0.2) is 6.10 Å². The molecule has 0 heterocycles. The van der Waals surface area contributed by atoms with Crippen LogP contribution in [0.25, 0.3) is 0 Å². The molecule has 5 fully saturated rings. The summed E-state index contributed by atoms with van der Waals surface area (Å²) in [5, 5.41) is 0. The summed E-state index contributed by atoms with van der Waals surface area (Å²) in [6.45, 7) is 8.97. The minimum Gasteiger partial charge on any atom is -0.456 e. The molecule has 4 unspecified atom stereocenters. The summed E-state index contributed by atoms with van der Waals surface area (Å²) in [6, 6.07) is 0. The fourth-order valence-electron chi connectivity index (χ4n) is 6.82. The van der Waals surface area contributed by atoms with E-state index >= 15 is 0 Å². The van der Waals surface area contributed by atoms with Gasteiger partial charge in [-0.25, -0.2) is 9.59 Å². The van der Waals surface area contributed by atoms with Crippen LogP contribution in [-0.2, 0) is 28.5 Å². The normalized spacial score (nSPS) is 36.6. The third-order valence-corrected chi connectivity index (χ3v) is 7.59. The monoisotopic (exact) mass is 434 g/mol. The zero-order chi connectivity index (χ0) is 22.2. The lowest BCUT2D eigenvalue weighted by molar-refractivity contribution is -0.249. The zero-order valence-corrected chi connectivity index (χ0v) is 19.3. The van der Waals surface area contributed by atoms with Crippen LogP contribution in [0.3, 0.4) is 0 Å². The van der Waals surface area contributed by atoms with Crippen LogP contribution in [0.2, 0.25) is 0 Å². The van der Waals surface area contributed by atoms with Crippen LogP contribution in [0.4, 0.5) is 0 Å². The van der Waals surface area contributed by atoms with Gasteiger partial charge >= 0.3 is 11.9 Å². The van der Waals surface area contributed by atoms with E-state index in [1.807, 2.05) is 0 Å². The van der Waals surface area contributed by atoms with Gasteiger partial charge in [0.2, 0.25) is 6.29 Å². The van der Waals surface area contributed by atoms with Crippen molar-refractivity contribution < 1.29 is 28.5 Å². The van der Waals surface area contributed by atoms with Crippen molar-refractivity contribution in [3.8, 4) is 0 Å². The van der Waals surface area contributed by atoms with Crippen LogP contribution in [0, 0.1) is 11.8 Å². The molecule has 0 aromatic rings. The summed E-state index contributed by atoms with van der Waals surface area (Å²) in [7, 11) is 0. The van der Waals surface area contributed by atoms with Crippen LogP contribution >= 0.6 is 0 Å². The SMILES string of the molecule is C=C(C)C(=O)OC12CC3CC(C1)CC(OC(C)C(=O)OC(C)OC1CCCCC1)(C3)C2. The molecule has 174 valence electrons. The van der Waals surface area contributed by atoms with Crippen molar-refractivity contribution >= 4 is 11.9 Å². The van der Waals surface area contributed by atoms with Gasteiger partial charge in [-0.3, -0.25) is 0 Å². The van der Waals surface area contributed by atoms with Gasteiger partial charge in [0.25, 0.3) is 0 Å². The molecule has 0 saturated heterocycles. The fraction of sp³-hybridized carbons (Fsp3) is 0.840. The quantitative estimate of drug-likeness (QED) is 0.309. The third-order valence-electron chi connectivity index (χ3n) is 7.59. The van der Waals surface area contributed by atoms with Crippen LogP contribution in [-0.4, -0.2) is 41.6 Å². The Kier molecular flexibility index (Phi) is 6.51. The van der Waals surface area contributed by atoms with Crippen molar-refractivity contribution in [3.05, 3.63) is 12.2 Å². The molecular weight excluding hydrogens is 396 g/mol. The maximum Gasteiger partial charge on any atom is 0.337 e. The van der Waals surface area contributed by atoms with Crippen molar-refractivity contribution in [1.29, 1.82) is 0 Å². The molecule has 5 saturated carbocycles. The third kappa shape index (κ3) is 5.16. The second kappa shape index (κ2) is 8.86. The number of rotatable bonds is 8. The molecule has 0 amide bonds. The summed E-state index contributed by atoms with van der Waals surface area (Å²) in [5.41, 5.74) is -0.485. The van der Waals surface area contributed by atoms with E-state index in [-0.39, 0.29) is 18.0 Å². The first-order valence-corrected chi connectivity index (χ1v) is 12.1. The molecule has 0 aromatic heterocycles. The minimum absolute atomic E-state index is 0.179. The van der Waals surface area contributed by atoms with Crippen molar-refractivity contribution in [2.24, 2.45) is 11.8 Å². The highest BCUT2D eigenvalue weighted by atomic mass is 16.7. The highest BCUT2D eigenvalue weighted by Crippen LogP contribution is 2.60. The summed E-state index contributed by atoms with van der Waals surface area (Å²) < 4.78 is 23.9. The van der Waals surface area contributed by atoms with E-state index in [0.717, 1.165) is 44.9 Å². The van der Waals surface area contributed by atoms with Crippen LogP contribution < -0.4 is 0 Å². The van der Waals surface area contributed by atoms with E-state index in [1.54, 1.807) is 20.8 Å². The lowest BCUT2D eigenvalue weighted by atomic mass is 9.52. The van der Waals surface area contributed by atoms with Gasteiger partial charge in [-0.15, -0.1) is 0 Å². The highest BCUT2D eigenvalue weighted by Gasteiger charge is 2.61. The van der Waals surface area contributed by atoms with Gasteiger partial charge in [0.05, 0.1) is 11.7 Å². The first-order valence-electron chi connectivity index (χ1n) is 12.1. The summed E-state index contributed by atoms with van der Waals surface area (Å²) in [4.78, 5) is 25.0. The minimum atomic E-state index is -0.678. The van der Waals surface area contributed by atoms with Gasteiger partial charge in [0.1, 0.15) is 5.60 Å². The second-order valence-electron chi connectivity index (χ2n) is 10.7. The highest BCUT2D eigenvalue weighted by molar-refractivity contribution is 5.87. The molecule has 0 spiro atoms. The Morgan fingerprint density at radius 1 is 0.968 bits per heavy atom. The first kappa shape index (κ1) is 22.8. The molecule has 5 rings (SSSR count). The Hall–Kier alpha value is -1.40. The molecule has 5 aliphatic carbocycles. The van der Waals surface area contributed by atoms with Crippen LogP contribution in [0.5, 0.6) is 0 Å². The van der Waals surface area contributed by atoms with Gasteiger partial charge in [-0.2, -0.15) is 0 Å².